The topological polar surface area (TPSA) is 81.5 Å². The molecule has 0 radical (unpaired) electrons. The molecule has 0 aliphatic heterocycles. The SMILES string of the molecule is CCCCN=C(N)CCC(N)=O. The maximum Gasteiger partial charge on any atom is 0.217 e. The number of primary amides is 1. The van der Waals surface area contributed by atoms with E-state index in [0.29, 0.717) is 18.7 Å². The molecule has 1 amide bonds. The largest absolute Gasteiger partial charge is 0.387 e. The minimum Gasteiger partial charge on any atom is -0.387 e. The summed E-state index contributed by atoms with van der Waals surface area (Å²) in [5, 5.41) is 0. The molecule has 0 rings (SSSR count). The Kier molecular flexibility index (Phi) is 6.05. The zero-order chi connectivity index (χ0) is 9.40. The molecule has 0 aliphatic carbocycles. The van der Waals surface area contributed by atoms with Gasteiger partial charge in [-0.2, -0.15) is 0 Å². The van der Waals surface area contributed by atoms with Crippen LogP contribution >= 0.6 is 0 Å². The minimum atomic E-state index is -0.330. The number of nitrogens with zero attached hydrogens (tertiary/aromatic N) is 1. The van der Waals surface area contributed by atoms with Crippen molar-refractivity contribution in [2.24, 2.45) is 16.5 Å². The predicted molar refractivity (Wildman–Crippen MR) is 49.8 cm³/mol. The quantitative estimate of drug-likeness (QED) is 0.345. The molecule has 0 fully saturated rings. The van der Waals surface area contributed by atoms with Gasteiger partial charge in [-0.1, -0.05) is 13.3 Å². The Balaban J connectivity index is 3.48. The molecular weight excluding hydrogens is 154 g/mol. The normalized spacial score (nSPS) is 11.6. The molecule has 0 unspecified atom stereocenters. The second-order valence-corrected chi connectivity index (χ2v) is 2.69. The first-order chi connectivity index (χ1) is 5.66. The van der Waals surface area contributed by atoms with Gasteiger partial charge in [0, 0.05) is 19.4 Å². The Morgan fingerprint density at radius 2 is 2.00 bits per heavy atom. The lowest BCUT2D eigenvalue weighted by atomic mass is 10.3. The molecule has 0 aromatic carbocycles. The number of carbonyl (C=O) groups excluding carboxylic acids is 1. The molecule has 0 heterocycles. The zero-order valence-corrected chi connectivity index (χ0v) is 7.55. The fourth-order valence-electron chi connectivity index (χ4n) is 0.711. The van der Waals surface area contributed by atoms with Crippen LogP contribution in [0.3, 0.4) is 0 Å². The van der Waals surface area contributed by atoms with Crippen LogP contribution in [0.1, 0.15) is 32.6 Å². The lowest BCUT2D eigenvalue weighted by Crippen LogP contribution is -2.18. The van der Waals surface area contributed by atoms with Gasteiger partial charge in [0.1, 0.15) is 0 Å². The number of nitrogens with two attached hydrogens (primary N) is 2. The van der Waals surface area contributed by atoms with Crippen LogP contribution in [-0.2, 0) is 4.79 Å². The molecule has 4 N–H and O–H groups in total. The molecule has 12 heavy (non-hydrogen) atoms. The van der Waals surface area contributed by atoms with Gasteiger partial charge in [0.25, 0.3) is 0 Å². The second kappa shape index (κ2) is 6.64. The molecule has 4 nitrogen and oxygen atoms in total. The summed E-state index contributed by atoms with van der Waals surface area (Å²) in [6, 6.07) is 0. The average Bonchev–Trinajstić information content (AvgIpc) is 2.01. The summed E-state index contributed by atoms with van der Waals surface area (Å²) in [5.74, 6) is 0.200. The molecule has 0 spiro atoms. The van der Waals surface area contributed by atoms with E-state index in [9.17, 15) is 4.79 Å². The van der Waals surface area contributed by atoms with E-state index in [1.807, 2.05) is 0 Å². The number of amidine groups is 1. The average molecular weight is 171 g/mol. The van der Waals surface area contributed by atoms with Crippen LogP contribution in [0, 0.1) is 0 Å². The Morgan fingerprint density at radius 3 is 2.50 bits per heavy atom. The summed E-state index contributed by atoms with van der Waals surface area (Å²) in [4.78, 5) is 14.4. The number of amides is 1. The van der Waals surface area contributed by atoms with Gasteiger partial charge >= 0.3 is 0 Å². The molecular formula is C8H17N3O. The van der Waals surface area contributed by atoms with E-state index >= 15 is 0 Å². The lowest BCUT2D eigenvalue weighted by Gasteiger charge is -1.97. The van der Waals surface area contributed by atoms with Crippen molar-refractivity contribution in [3.8, 4) is 0 Å². The second-order valence-electron chi connectivity index (χ2n) is 2.69. The van der Waals surface area contributed by atoms with Crippen LogP contribution in [0.5, 0.6) is 0 Å². The molecule has 0 bridgehead atoms. The number of hydrogen-bond acceptors (Lipinski definition) is 2. The third-order valence-corrected chi connectivity index (χ3v) is 1.45. The highest BCUT2D eigenvalue weighted by molar-refractivity contribution is 5.85. The summed E-state index contributed by atoms with van der Waals surface area (Å²) in [6.45, 7) is 2.84. The predicted octanol–water partition coefficient (Wildman–Crippen LogP) is 0.409. The summed E-state index contributed by atoms with van der Waals surface area (Å²) in [7, 11) is 0. The number of hydrogen-bond donors (Lipinski definition) is 2. The van der Waals surface area contributed by atoms with E-state index in [1.54, 1.807) is 0 Å². The van der Waals surface area contributed by atoms with E-state index in [1.165, 1.54) is 0 Å². The van der Waals surface area contributed by atoms with Gasteiger partial charge in [-0.3, -0.25) is 9.79 Å². The maximum absolute atomic E-state index is 10.3. The Hall–Kier alpha value is -1.06. The van der Waals surface area contributed by atoms with Crippen LogP contribution in [0.15, 0.2) is 4.99 Å². The monoisotopic (exact) mass is 171 g/mol. The van der Waals surface area contributed by atoms with E-state index in [4.69, 9.17) is 11.5 Å². The first-order valence-electron chi connectivity index (χ1n) is 4.24. The van der Waals surface area contributed by atoms with Crippen molar-refractivity contribution >= 4 is 11.7 Å². The highest BCUT2D eigenvalue weighted by atomic mass is 16.1. The summed E-state index contributed by atoms with van der Waals surface area (Å²) >= 11 is 0. The molecule has 0 aliphatic rings. The van der Waals surface area contributed by atoms with Gasteiger partial charge < -0.3 is 11.5 Å². The highest BCUT2D eigenvalue weighted by Crippen LogP contribution is 1.91. The van der Waals surface area contributed by atoms with Crippen molar-refractivity contribution in [2.75, 3.05) is 6.54 Å². The summed E-state index contributed by atoms with van der Waals surface area (Å²) in [6.07, 6.45) is 2.92. The van der Waals surface area contributed by atoms with Gasteiger partial charge in [0.05, 0.1) is 5.84 Å². The standard InChI is InChI=1S/C8H17N3O/c1-2-3-6-11-7(9)4-5-8(10)12/h2-6H2,1H3,(H2,9,11)(H2,10,12). The van der Waals surface area contributed by atoms with Crippen LogP contribution in [-0.4, -0.2) is 18.3 Å². The molecule has 70 valence electrons. The third kappa shape index (κ3) is 7.05. The number of unbranched alkanes of at least 4 members (excludes halogenated alkanes) is 1. The Bertz CT molecular complexity index is 166. The van der Waals surface area contributed by atoms with E-state index in [0.717, 1.165) is 19.4 Å². The molecule has 0 aromatic rings. The maximum atomic E-state index is 10.3. The molecule has 0 saturated carbocycles. The fraction of sp³-hybridized carbons (Fsp3) is 0.750. The third-order valence-electron chi connectivity index (χ3n) is 1.45. The van der Waals surface area contributed by atoms with Crippen molar-refractivity contribution in [1.82, 2.24) is 0 Å². The smallest absolute Gasteiger partial charge is 0.217 e. The van der Waals surface area contributed by atoms with Gasteiger partial charge in [-0.05, 0) is 6.42 Å². The van der Waals surface area contributed by atoms with Crippen LogP contribution in [0.2, 0.25) is 0 Å². The van der Waals surface area contributed by atoms with E-state index in [-0.39, 0.29) is 5.91 Å². The van der Waals surface area contributed by atoms with Gasteiger partial charge in [0.2, 0.25) is 5.91 Å². The Morgan fingerprint density at radius 1 is 1.33 bits per heavy atom. The van der Waals surface area contributed by atoms with Crippen LogP contribution in [0.25, 0.3) is 0 Å². The number of aliphatic imine (C=N–C) groups is 1. The zero-order valence-electron chi connectivity index (χ0n) is 7.55. The van der Waals surface area contributed by atoms with Crippen molar-refractivity contribution in [2.45, 2.75) is 32.6 Å². The number of rotatable bonds is 6. The van der Waals surface area contributed by atoms with Crippen LogP contribution in [0.4, 0.5) is 0 Å². The van der Waals surface area contributed by atoms with Crippen molar-refractivity contribution in [3.05, 3.63) is 0 Å². The first kappa shape index (κ1) is 10.9. The summed E-state index contributed by atoms with van der Waals surface area (Å²) in [5.41, 5.74) is 10.5. The number of carbonyl (C=O) groups is 1. The van der Waals surface area contributed by atoms with E-state index in [2.05, 4.69) is 11.9 Å². The highest BCUT2D eigenvalue weighted by Gasteiger charge is 1.96. The fourth-order valence-corrected chi connectivity index (χ4v) is 0.711. The van der Waals surface area contributed by atoms with Crippen molar-refractivity contribution < 1.29 is 4.79 Å². The molecule has 0 saturated heterocycles. The minimum absolute atomic E-state index is 0.293. The first-order valence-corrected chi connectivity index (χ1v) is 4.24. The molecule has 4 heteroatoms. The van der Waals surface area contributed by atoms with Crippen molar-refractivity contribution in [3.63, 3.8) is 0 Å². The lowest BCUT2D eigenvalue weighted by molar-refractivity contribution is -0.117. The van der Waals surface area contributed by atoms with E-state index < -0.39 is 0 Å². The van der Waals surface area contributed by atoms with Gasteiger partial charge in [-0.15, -0.1) is 0 Å². The summed E-state index contributed by atoms with van der Waals surface area (Å²) < 4.78 is 0. The van der Waals surface area contributed by atoms with Gasteiger partial charge in [0.15, 0.2) is 0 Å². The molecule has 0 atom stereocenters. The van der Waals surface area contributed by atoms with Crippen LogP contribution < -0.4 is 11.5 Å². The Labute approximate surface area is 73.0 Å². The molecule has 0 aromatic heterocycles. The van der Waals surface area contributed by atoms with Crippen molar-refractivity contribution in [1.29, 1.82) is 0 Å². The van der Waals surface area contributed by atoms with Gasteiger partial charge in [-0.25, -0.2) is 0 Å².